The quantitative estimate of drug-likeness (QED) is 0.806. The zero-order chi connectivity index (χ0) is 10.7. The molecule has 0 bridgehead atoms. The summed E-state index contributed by atoms with van der Waals surface area (Å²) in [5, 5.41) is 3.28. The van der Waals surface area contributed by atoms with Gasteiger partial charge in [-0.1, -0.05) is 6.92 Å². The molecule has 0 spiro atoms. The van der Waals surface area contributed by atoms with Crippen LogP contribution in [0.3, 0.4) is 0 Å². The number of hydrogen-bond acceptors (Lipinski definition) is 2. The van der Waals surface area contributed by atoms with Crippen molar-refractivity contribution in [1.82, 2.24) is 10.2 Å². The number of amides is 1. The lowest BCUT2D eigenvalue weighted by Gasteiger charge is -2.36. The summed E-state index contributed by atoms with van der Waals surface area (Å²) in [6, 6.07) is 0.520. The van der Waals surface area contributed by atoms with E-state index in [2.05, 4.69) is 17.1 Å². The predicted octanol–water partition coefficient (Wildman–Crippen LogP) is 1.81. The minimum Gasteiger partial charge on any atom is -0.339 e. The molecule has 0 aromatic heterocycles. The summed E-state index contributed by atoms with van der Waals surface area (Å²) in [5.41, 5.74) is 0. The van der Waals surface area contributed by atoms with E-state index in [0.29, 0.717) is 11.9 Å². The Hall–Kier alpha value is -0.280. The van der Waals surface area contributed by atoms with Crippen LogP contribution >= 0.6 is 12.4 Å². The molecule has 2 unspecified atom stereocenters. The highest BCUT2D eigenvalue weighted by Crippen LogP contribution is 2.23. The minimum atomic E-state index is 0. The Balaban J connectivity index is 0.00000128. The minimum absolute atomic E-state index is 0. The average molecular weight is 247 g/mol. The fraction of sp³-hybridized carbons (Fsp3) is 0.917. The molecule has 2 aliphatic rings. The van der Waals surface area contributed by atoms with E-state index in [4.69, 9.17) is 0 Å². The van der Waals surface area contributed by atoms with E-state index in [0.717, 1.165) is 32.5 Å². The van der Waals surface area contributed by atoms with Gasteiger partial charge in [-0.05, 0) is 38.6 Å². The lowest BCUT2D eigenvalue weighted by Crippen LogP contribution is -2.46. The Morgan fingerprint density at radius 2 is 2.19 bits per heavy atom. The van der Waals surface area contributed by atoms with Crippen molar-refractivity contribution in [2.45, 2.75) is 45.1 Å². The Kier molecular flexibility index (Phi) is 5.56. The van der Waals surface area contributed by atoms with Crippen molar-refractivity contribution in [3.8, 4) is 0 Å². The smallest absolute Gasteiger partial charge is 0.227 e. The van der Waals surface area contributed by atoms with Gasteiger partial charge >= 0.3 is 0 Å². The molecule has 94 valence electrons. The first kappa shape index (κ1) is 13.8. The topological polar surface area (TPSA) is 32.3 Å². The molecule has 0 aromatic rings. The molecule has 0 radical (unpaired) electrons. The molecule has 3 nitrogen and oxygen atoms in total. The highest BCUT2D eigenvalue weighted by molar-refractivity contribution is 5.85. The van der Waals surface area contributed by atoms with Crippen LogP contribution in [0.15, 0.2) is 0 Å². The first-order valence-corrected chi connectivity index (χ1v) is 6.34. The van der Waals surface area contributed by atoms with Crippen LogP contribution in [0, 0.1) is 5.92 Å². The Morgan fingerprint density at radius 3 is 2.81 bits per heavy atom. The van der Waals surface area contributed by atoms with Gasteiger partial charge in [-0.3, -0.25) is 4.79 Å². The van der Waals surface area contributed by atoms with Crippen LogP contribution in [-0.2, 0) is 4.79 Å². The van der Waals surface area contributed by atoms with E-state index in [9.17, 15) is 4.79 Å². The SMILES string of the molecule is CCC1CCCCN1C(=O)C1CCNC1.Cl. The van der Waals surface area contributed by atoms with Gasteiger partial charge in [0.05, 0.1) is 5.92 Å². The molecule has 2 fully saturated rings. The maximum absolute atomic E-state index is 12.3. The van der Waals surface area contributed by atoms with Crippen LogP contribution in [0.4, 0.5) is 0 Å². The van der Waals surface area contributed by atoms with Crippen molar-refractivity contribution >= 4 is 18.3 Å². The van der Waals surface area contributed by atoms with Crippen LogP contribution < -0.4 is 5.32 Å². The molecule has 2 rings (SSSR count). The number of piperidine rings is 1. The van der Waals surface area contributed by atoms with Crippen LogP contribution in [-0.4, -0.2) is 36.5 Å². The Labute approximate surface area is 104 Å². The molecule has 4 heteroatoms. The summed E-state index contributed by atoms with van der Waals surface area (Å²) >= 11 is 0. The van der Waals surface area contributed by atoms with Gasteiger partial charge < -0.3 is 10.2 Å². The zero-order valence-corrected chi connectivity index (χ0v) is 10.9. The largest absolute Gasteiger partial charge is 0.339 e. The lowest BCUT2D eigenvalue weighted by molar-refractivity contribution is -0.138. The van der Waals surface area contributed by atoms with Gasteiger partial charge in [0, 0.05) is 19.1 Å². The van der Waals surface area contributed by atoms with E-state index in [1.165, 1.54) is 19.3 Å². The number of carbonyl (C=O) groups excluding carboxylic acids is 1. The standard InChI is InChI=1S/C12H22N2O.ClH/c1-2-11-5-3-4-8-14(11)12(15)10-6-7-13-9-10;/h10-11,13H,2-9H2,1H3;1H. The maximum atomic E-state index is 12.3. The van der Waals surface area contributed by atoms with E-state index in [1.807, 2.05) is 0 Å². The summed E-state index contributed by atoms with van der Waals surface area (Å²) < 4.78 is 0. The van der Waals surface area contributed by atoms with Crippen LogP contribution in [0.2, 0.25) is 0 Å². The third-order valence-electron chi connectivity index (χ3n) is 3.79. The fourth-order valence-corrected chi connectivity index (χ4v) is 2.82. The number of nitrogens with zero attached hydrogens (tertiary/aromatic N) is 1. The Morgan fingerprint density at radius 1 is 1.38 bits per heavy atom. The zero-order valence-electron chi connectivity index (χ0n) is 10.1. The van der Waals surface area contributed by atoms with E-state index in [-0.39, 0.29) is 18.3 Å². The van der Waals surface area contributed by atoms with Crippen LogP contribution in [0.5, 0.6) is 0 Å². The van der Waals surface area contributed by atoms with Gasteiger partial charge in [-0.15, -0.1) is 12.4 Å². The summed E-state index contributed by atoms with van der Waals surface area (Å²) in [5.74, 6) is 0.670. The predicted molar refractivity (Wildman–Crippen MR) is 67.9 cm³/mol. The van der Waals surface area contributed by atoms with Crippen molar-refractivity contribution in [3.63, 3.8) is 0 Å². The second-order valence-electron chi connectivity index (χ2n) is 4.78. The van der Waals surface area contributed by atoms with Crippen molar-refractivity contribution in [1.29, 1.82) is 0 Å². The average Bonchev–Trinajstić information content (AvgIpc) is 2.81. The molecule has 0 aromatic carbocycles. The van der Waals surface area contributed by atoms with E-state index < -0.39 is 0 Å². The van der Waals surface area contributed by atoms with Gasteiger partial charge in [0.2, 0.25) is 5.91 Å². The van der Waals surface area contributed by atoms with E-state index >= 15 is 0 Å². The number of halogens is 1. The number of hydrogen-bond donors (Lipinski definition) is 1. The van der Waals surface area contributed by atoms with Gasteiger partial charge in [-0.25, -0.2) is 0 Å². The third kappa shape index (κ3) is 2.89. The first-order chi connectivity index (χ1) is 7.33. The highest BCUT2D eigenvalue weighted by Gasteiger charge is 2.31. The molecule has 0 saturated carbocycles. The molecule has 0 aliphatic carbocycles. The van der Waals surface area contributed by atoms with Crippen LogP contribution in [0.1, 0.15) is 39.0 Å². The monoisotopic (exact) mass is 246 g/mol. The van der Waals surface area contributed by atoms with Crippen molar-refractivity contribution in [2.75, 3.05) is 19.6 Å². The Bertz CT molecular complexity index is 229. The highest BCUT2D eigenvalue weighted by atomic mass is 35.5. The van der Waals surface area contributed by atoms with Gasteiger partial charge in [0.1, 0.15) is 0 Å². The van der Waals surface area contributed by atoms with Gasteiger partial charge in [-0.2, -0.15) is 0 Å². The molecular formula is C12H23ClN2O. The summed E-state index contributed by atoms with van der Waals surface area (Å²) in [6.45, 7) is 5.10. The summed E-state index contributed by atoms with van der Waals surface area (Å²) in [6.07, 6.45) is 5.85. The third-order valence-corrected chi connectivity index (χ3v) is 3.79. The molecule has 16 heavy (non-hydrogen) atoms. The van der Waals surface area contributed by atoms with E-state index in [1.54, 1.807) is 0 Å². The number of carbonyl (C=O) groups is 1. The number of rotatable bonds is 2. The second-order valence-corrected chi connectivity index (χ2v) is 4.78. The van der Waals surface area contributed by atoms with Crippen molar-refractivity contribution < 1.29 is 4.79 Å². The fourth-order valence-electron chi connectivity index (χ4n) is 2.82. The molecular weight excluding hydrogens is 224 g/mol. The van der Waals surface area contributed by atoms with Crippen molar-refractivity contribution in [2.24, 2.45) is 5.92 Å². The van der Waals surface area contributed by atoms with Crippen LogP contribution in [0.25, 0.3) is 0 Å². The molecule has 2 heterocycles. The summed E-state index contributed by atoms with van der Waals surface area (Å²) in [4.78, 5) is 14.4. The van der Waals surface area contributed by atoms with Gasteiger partial charge in [0.25, 0.3) is 0 Å². The summed E-state index contributed by atoms with van der Waals surface area (Å²) in [7, 11) is 0. The first-order valence-electron chi connectivity index (χ1n) is 6.34. The van der Waals surface area contributed by atoms with Gasteiger partial charge in [0.15, 0.2) is 0 Å². The molecule has 1 N–H and O–H groups in total. The molecule has 2 aliphatic heterocycles. The molecule has 1 amide bonds. The van der Waals surface area contributed by atoms with Crippen molar-refractivity contribution in [3.05, 3.63) is 0 Å². The number of likely N-dealkylation sites (tertiary alicyclic amines) is 1. The number of nitrogens with one attached hydrogen (secondary N) is 1. The maximum Gasteiger partial charge on any atom is 0.227 e. The molecule has 2 saturated heterocycles. The lowest BCUT2D eigenvalue weighted by atomic mass is 9.97. The second kappa shape index (κ2) is 6.45. The normalized spacial score (nSPS) is 29.9. The molecule has 2 atom stereocenters.